The molecule has 0 saturated heterocycles. The number of carbonyl (C=O) groups excluding carboxylic acids is 1. The lowest BCUT2D eigenvalue weighted by Gasteiger charge is -2.12. The van der Waals surface area contributed by atoms with E-state index in [-0.39, 0.29) is 5.97 Å². The molecule has 3 rings (SSSR count). The molecule has 3 nitrogen and oxygen atoms in total. The fourth-order valence-corrected chi connectivity index (χ4v) is 3.32. The lowest BCUT2D eigenvalue weighted by Crippen LogP contribution is -2.10. The molecule has 0 heterocycles. The predicted molar refractivity (Wildman–Crippen MR) is 118 cm³/mol. The highest BCUT2D eigenvalue weighted by atomic mass is 16.5. The van der Waals surface area contributed by atoms with Gasteiger partial charge in [-0.05, 0) is 65.8 Å². The average molecular weight is 389 g/mol. The molecule has 0 saturated carbocycles. The largest absolute Gasteiger partial charge is 0.494 e. The van der Waals surface area contributed by atoms with Crippen LogP contribution in [-0.2, 0) is 4.79 Å². The fraction of sp³-hybridized carbons (Fsp3) is 0.269. The standard InChI is InChI=1S/C26H28O3/c1-19(2)25-16-15-24(18-20(25)3)28-17-7-10-26(27)29-23-13-11-22(12-14-23)21-8-5-4-6-9-21/h4-6,8-9,11-16,18-19H,7,10,17H2,1-3H3. The van der Waals surface area contributed by atoms with Gasteiger partial charge in [0.25, 0.3) is 0 Å². The molecule has 0 radical (unpaired) electrons. The smallest absolute Gasteiger partial charge is 0.311 e. The number of aryl methyl sites for hydroxylation is 1. The summed E-state index contributed by atoms with van der Waals surface area (Å²) in [6.45, 7) is 6.96. The van der Waals surface area contributed by atoms with Crippen molar-refractivity contribution in [3.8, 4) is 22.6 Å². The van der Waals surface area contributed by atoms with Crippen LogP contribution in [-0.4, -0.2) is 12.6 Å². The Kier molecular flexibility index (Phi) is 7.07. The van der Waals surface area contributed by atoms with E-state index in [1.807, 2.05) is 48.5 Å². The van der Waals surface area contributed by atoms with E-state index in [1.54, 1.807) is 0 Å². The van der Waals surface area contributed by atoms with Crippen LogP contribution in [0, 0.1) is 6.92 Å². The molecule has 3 heteroatoms. The average Bonchev–Trinajstić information content (AvgIpc) is 2.72. The highest BCUT2D eigenvalue weighted by molar-refractivity contribution is 5.73. The van der Waals surface area contributed by atoms with Gasteiger partial charge in [0.1, 0.15) is 11.5 Å². The first-order valence-corrected chi connectivity index (χ1v) is 10.1. The second-order valence-corrected chi connectivity index (χ2v) is 7.49. The van der Waals surface area contributed by atoms with Crippen molar-refractivity contribution in [2.45, 2.75) is 39.5 Å². The SMILES string of the molecule is Cc1cc(OCCCC(=O)Oc2ccc(-c3ccccc3)cc2)ccc1C(C)C. The Morgan fingerprint density at radius 1 is 0.862 bits per heavy atom. The van der Waals surface area contributed by atoms with Crippen LogP contribution in [0.2, 0.25) is 0 Å². The minimum absolute atomic E-state index is 0.243. The lowest BCUT2D eigenvalue weighted by molar-refractivity contribution is -0.134. The van der Waals surface area contributed by atoms with E-state index < -0.39 is 0 Å². The first kappa shape index (κ1) is 20.7. The van der Waals surface area contributed by atoms with Gasteiger partial charge in [-0.1, -0.05) is 62.4 Å². The van der Waals surface area contributed by atoms with Gasteiger partial charge >= 0.3 is 5.97 Å². The molecule has 0 fully saturated rings. The van der Waals surface area contributed by atoms with Crippen LogP contribution < -0.4 is 9.47 Å². The third-order valence-corrected chi connectivity index (χ3v) is 4.85. The van der Waals surface area contributed by atoms with Crippen molar-refractivity contribution in [1.82, 2.24) is 0 Å². The summed E-state index contributed by atoms with van der Waals surface area (Å²) in [5.74, 6) is 1.67. The molecule has 0 aliphatic rings. The zero-order chi connectivity index (χ0) is 20.6. The zero-order valence-electron chi connectivity index (χ0n) is 17.4. The molecule has 0 bridgehead atoms. The number of hydrogen-bond acceptors (Lipinski definition) is 3. The van der Waals surface area contributed by atoms with Crippen molar-refractivity contribution in [3.05, 3.63) is 83.9 Å². The molecule has 0 aromatic heterocycles. The maximum absolute atomic E-state index is 12.1. The molecule has 0 N–H and O–H groups in total. The van der Waals surface area contributed by atoms with Gasteiger partial charge in [-0.15, -0.1) is 0 Å². The van der Waals surface area contributed by atoms with Crippen molar-refractivity contribution < 1.29 is 14.3 Å². The minimum atomic E-state index is -0.243. The van der Waals surface area contributed by atoms with Gasteiger partial charge in [-0.25, -0.2) is 0 Å². The topological polar surface area (TPSA) is 35.5 Å². The van der Waals surface area contributed by atoms with Gasteiger partial charge in [-0.2, -0.15) is 0 Å². The van der Waals surface area contributed by atoms with Crippen LogP contribution in [0.4, 0.5) is 0 Å². The Morgan fingerprint density at radius 2 is 1.52 bits per heavy atom. The Hall–Kier alpha value is -3.07. The zero-order valence-corrected chi connectivity index (χ0v) is 17.4. The monoisotopic (exact) mass is 388 g/mol. The summed E-state index contributed by atoms with van der Waals surface area (Å²) in [5.41, 5.74) is 4.80. The number of ether oxygens (including phenoxy) is 2. The third kappa shape index (κ3) is 5.95. The van der Waals surface area contributed by atoms with Crippen molar-refractivity contribution in [3.63, 3.8) is 0 Å². The number of benzene rings is 3. The second kappa shape index (κ2) is 9.92. The van der Waals surface area contributed by atoms with Crippen LogP contribution in [0.25, 0.3) is 11.1 Å². The molecule has 3 aromatic rings. The quantitative estimate of drug-likeness (QED) is 0.249. The van der Waals surface area contributed by atoms with Gasteiger partial charge in [-0.3, -0.25) is 4.79 Å². The molecular formula is C26H28O3. The summed E-state index contributed by atoms with van der Waals surface area (Å²) >= 11 is 0. The molecule has 0 atom stereocenters. The van der Waals surface area contributed by atoms with Gasteiger partial charge in [0.15, 0.2) is 0 Å². The molecule has 0 amide bonds. The molecule has 0 unspecified atom stereocenters. The number of carbonyl (C=O) groups is 1. The second-order valence-electron chi connectivity index (χ2n) is 7.49. The van der Waals surface area contributed by atoms with E-state index in [2.05, 4.69) is 45.0 Å². The fourth-order valence-electron chi connectivity index (χ4n) is 3.32. The third-order valence-electron chi connectivity index (χ3n) is 4.85. The molecular weight excluding hydrogens is 360 g/mol. The maximum atomic E-state index is 12.1. The van der Waals surface area contributed by atoms with Crippen molar-refractivity contribution >= 4 is 5.97 Å². The van der Waals surface area contributed by atoms with Crippen LogP contribution in [0.3, 0.4) is 0 Å². The van der Waals surface area contributed by atoms with Crippen molar-refractivity contribution in [2.24, 2.45) is 0 Å². The normalized spacial score (nSPS) is 10.8. The molecule has 0 aliphatic heterocycles. The van der Waals surface area contributed by atoms with Crippen LogP contribution in [0.1, 0.15) is 43.7 Å². The van der Waals surface area contributed by atoms with Crippen molar-refractivity contribution in [2.75, 3.05) is 6.61 Å². The van der Waals surface area contributed by atoms with Crippen molar-refractivity contribution in [1.29, 1.82) is 0 Å². The highest BCUT2D eigenvalue weighted by Crippen LogP contribution is 2.24. The van der Waals surface area contributed by atoms with E-state index in [0.29, 0.717) is 31.1 Å². The number of esters is 1. The molecule has 3 aromatic carbocycles. The maximum Gasteiger partial charge on any atom is 0.311 e. The van der Waals surface area contributed by atoms with Gasteiger partial charge in [0.2, 0.25) is 0 Å². The van der Waals surface area contributed by atoms with Gasteiger partial charge in [0.05, 0.1) is 6.61 Å². The lowest BCUT2D eigenvalue weighted by atomic mass is 9.98. The van der Waals surface area contributed by atoms with E-state index in [9.17, 15) is 4.79 Å². The number of rotatable bonds is 8. The van der Waals surface area contributed by atoms with E-state index in [0.717, 1.165) is 16.9 Å². The van der Waals surface area contributed by atoms with Gasteiger partial charge < -0.3 is 9.47 Å². The van der Waals surface area contributed by atoms with E-state index in [4.69, 9.17) is 9.47 Å². The first-order valence-electron chi connectivity index (χ1n) is 10.1. The molecule has 0 aliphatic carbocycles. The molecule has 29 heavy (non-hydrogen) atoms. The van der Waals surface area contributed by atoms with E-state index in [1.165, 1.54) is 11.1 Å². The van der Waals surface area contributed by atoms with Crippen LogP contribution in [0.5, 0.6) is 11.5 Å². The molecule has 0 spiro atoms. The summed E-state index contributed by atoms with van der Waals surface area (Å²) in [6.07, 6.45) is 0.940. The minimum Gasteiger partial charge on any atom is -0.494 e. The predicted octanol–water partition coefficient (Wildman–Crippen LogP) is 6.55. The van der Waals surface area contributed by atoms with Crippen LogP contribution >= 0.6 is 0 Å². The van der Waals surface area contributed by atoms with E-state index >= 15 is 0 Å². The summed E-state index contributed by atoms with van der Waals surface area (Å²) in [6, 6.07) is 23.9. The molecule has 150 valence electrons. The van der Waals surface area contributed by atoms with Crippen LogP contribution in [0.15, 0.2) is 72.8 Å². The summed E-state index contributed by atoms with van der Waals surface area (Å²) < 4.78 is 11.2. The summed E-state index contributed by atoms with van der Waals surface area (Å²) in [5, 5.41) is 0. The first-order chi connectivity index (χ1) is 14.0. The number of hydrogen-bond donors (Lipinski definition) is 0. The Balaban J connectivity index is 1.43. The Morgan fingerprint density at radius 3 is 2.17 bits per heavy atom. The summed E-state index contributed by atoms with van der Waals surface area (Å²) in [7, 11) is 0. The Labute approximate surface area is 173 Å². The Bertz CT molecular complexity index is 928. The summed E-state index contributed by atoms with van der Waals surface area (Å²) in [4.78, 5) is 12.1. The highest BCUT2D eigenvalue weighted by Gasteiger charge is 2.07. The van der Waals surface area contributed by atoms with Gasteiger partial charge in [0, 0.05) is 6.42 Å².